The van der Waals surface area contributed by atoms with E-state index in [1.165, 1.54) is 23.5 Å². The molecule has 29 heavy (non-hydrogen) atoms. The van der Waals surface area contributed by atoms with Crippen molar-refractivity contribution in [3.05, 3.63) is 30.1 Å². The molecule has 9 heteroatoms. The van der Waals surface area contributed by atoms with Gasteiger partial charge in [-0.05, 0) is 43.5 Å². The Labute approximate surface area is 172 Å². The fraction of sp³-hybridized carbons (Fsp3) is 0.600. The third-order valence-corrected chi connectivity index (χ3v) is 6.90. The van der Waals surface area contributed by atoms with Crippen LogP contribution in [0.4, 0.5) is 4.39 Å². The summed E-state index contributed by atoms with van der Waals surface area (Å²) in [5, 5.41) is 2.97. The molecule has 7 nitrogen and oxygen atoms in total. The summed E-state index contributed by atoms with van der Waals surface area (Å²) in [6, 6.07) is 4.63. The topological polar surface area (TPSA) is 86.8 Å². The number of hydrogen-bond donors (Lipinski definition) is 1. The standard InChI is InChI=1S/C20H30FN3O4S/c1-15(2)20(26)22-17-6-4-13-24(14-17)19(25)7-5-12-23(3)29(27,28)18-10-8-16(21)9-11-18/h8-11,15,17H,4-7,12-14H2,1-3H3,(H,22,26). The van der Waals surface area contributed by atoms with Crippen molar-refractivity contribution in [2.45, 2.75) is 50.5 Å². The van der Waals surface area contributed by atoms with E-state index in [1.54, 1.807) is 4.90 Å². The van der Waals surface area contributed by atoms with Crippen molar-refractivity contribution < 1.29 is 22.4 Å². The van der Waals surface area contributed by atoms with Gasteiger partial charge >= 0.3 is 0 Å². The molecule has 1 saturated heterocycles. The fourth-order valence-electron chi connectivity index (χ4n) is 3.21. The van der Waals surface area contributed by atoms with Crippen molar-refractivity contribution in [2.75, 3.05) is 26.7 Å². The number of carbonyl (C=O) groups is 2. The molecule has 1 aliphatic heterocycles. The molecule has 1 N–H and O–H groups in total. The number of benzene rings is 1. The van der Waals surface area contributed by atoms with E-state index < -0.39 is 15.8 Å². The first-order valence-electron chi connectivity index (χ1n) is 9.91. The normalized spacial score (nSPS) is 17.6. The number of sulfonamides is 1. The molecular weight excluding hydrogens is 397 g/mol. The molecule has 1 heterocycles. The Morgan fingerprint density at radius 3 is 2.55 bits per heavy atom. The molecule has 1 atom stereocenters. The summed E-state index contributed by atoms with van der Waals surface area (Å²) in [5.41, 5.74) is 0. The van der Waals surface area contributed by atoms with Crippen LogP contribution in [0.2, 0.25) is 0 Å². The zero-order valence-electron chi connectivity index (χ0n) is 17.2. The summed E-state index contributed by atoms with van der Waals surface area (Å²) in [5.74, 6) is -0.653. The Balaban J connectivity index is 1.82. The van der Waals surface area contributed by atoms with Gasteiger partial charge < -0.3 is 10.2 Å². The molecule has 1 unspecified atom stereocenters. The van der Waals surface area contributed by atoms with E-state index in [4.69, 9.17) is 0 Å². The third-order valence-electron chi connectivity index (χ3n) is 5.03. The van der Waals surface area contributed by atoms with Gasteiger partial charge in [-0.1, -0.05) is 13.8 Å². The molecule has 1 fully saturated rings. The molecule has 0 spiro atoms. The molecule has 1 aromatic rings. The van der Waals surface area contributed by atoms with Crippen LogP contribution in [0.15, 0.2) is 29.2 Å². The first-order chi connectivity index (χ1) is 13.6. The van der Waals surface area contributed by atoms with Crippen molar-refractivity contribution in [3.8, 4) is 0 Å². The van der Waals surface area contributed by atoms with Crippen molar-refractivity contribution >= 4 is 21.8 Å². The first kappa shape index (κ1) is 23.3. The van der Waals surface area contributed by atoms with E-state index in [2.05, 4.69) is 5.32 Å². The number of halogens is 1. The molecule has 0 radical (unpaired) electrons. The molecule has 1 aromatic carbocycles. The maximum Gasteiger partial charge on any atom is 0.242 e. The van der Waals surface area contributed by atoms with Gasteiger partial charge in [0.2, 0.25) is 21.8 Å². The molecule has 0 aromatic heterocycles. The molecule has 0 aliphatic carbocycles. The first-order valence-corrected chi connectivity index (χ1v) is 11.4. The van der Waals surface area contributed by atoms with Crippen molar-refractivity contribution in [3.63, 3.8) is 0 Å². The predicted molar refractivity (Wildman–Crippen MR) is 108 cm³/mol. The van der Waals surface area contributed by atoms with Crippen LogP contribution in [0.1, 0.15) is 39.5 Å². The number of nitrogens with zero attached hydrogens (tertiary/aromatic N) is 2. The number of carbonyl (C=O) groups excluding carboxylic acids is 2. The van der Waals surface area contributed by atoms with Gasteiger partial charge in [-0.25, -0.2) is 17.1 Å². The molecule has 2 amide bonds. The highest BCUT2D eigenvalue weighted by Gasteiger charge is 2.26. The smallest absolute Gasteiger partial charge is 0.242 e. The fourth-order valence-corrected chi connectivity index (χ4v) is 4.42. The zero-order valence-corrected chi connectivity index (χ0v) is 18.0. The van der Waals surface area contributed by atoms with Gasteiger partial charge in [0.1, 0.15) is 5.82 Å². The van der Waals surface area contributed by atoms with Crippen LogP contribution >= 0.6 is 0 Å². The highest BCUT2D eigenvalue weighted by atomic mass is 32.2. The van der Waals surface area contributed by atoms with Crippen LogP contribution < -0.4 is 5.32 Å². The SMILES string of the molecule is CC(C)C(=O)NC1CCCN(C(=O)CCCN(C)S(=O)(=O)c2ccc(F)cc2)C1. The van der Waals surface area contributed by atoms with E-state index in [9.17, 15) is 22.4 Å². The average Bonchev–Trinajstić information content (AvgIpc) is 2.68. The molecule has 2 rings (SSSR count). The molecule has 0 saturated carbocycles. The van der Waals surface area contributed by atoms with Crippen molar-refractivity contribution in [1.29, 1.82) is 0 Å². The van der Waals surface area contributed by atoms with E-state index >= 15 is 0 Å². The number of hydrogen-bond acceptors (Lipinski definition) is 4. The maximum absolute atomic E-state index is 13.0. The second kappa shape index (κ2) is 10.2. The summed E-state index contributed by atoms with van der Waals surface area (Å²) in [7, 11) is -2.27. The van der Waals surface area contributed by atoms with Gasteiger partial charge in [0.05, 0.1) is 4.90 Å². The zero-order chi connectivity index (χ0) is 21.6. The largest absolute Gasteiger partial charge is 0.351 e. The van der Waals surface area contributed by atoms with Gasteiger partial charge in [-0.15, -0.1) is 0 Å². The summed E-state index contributed by atoms with van der Waals surface area (Å²) in [6.07, 6.45) is 2.29. The van der Waals surface area contributed by atoms with Crippen LogP contribution in [-0.2, 0) is 19.6 Å². The van der Waals surface area contributed by atoms with E-state index in [-0.39, 0.29) is 41.6 Å². The minimum atomic E-state index is -3.71. The van der Waals surface area contributed by atoms with Gasteiger partial charge in [0, 0.05) is 45.1 Å². The van der Waals surface area contributed by atoms with Gasteiger partial charge in [0.25, 0.3) is 0 Å². The van der Waals surface area contributed by atoms with Crippen LogP contribution in [0, 0.1) is 11.7 Å². The minimum Gasteiger partial charge on any atom is -0.351 e. The minimum absolute atomic E-state index is 0.0167. The van der Waals surface area contributed by atoms with Crippen LogP contribution in [0.25, 0.3) is 0 Å². The summed E-state index contributed by atoms with van der Waals surface area (Å²) in [6.45, 7) is 4.99. The van der Waals surface area contributed by atoms with Crippen LogP contribution in [0.3, 0.4) is 0 Å². The Morgan fingerprint density at radius 2 is 1.93 bits per heavy atom. The predicted octanol–water partition coefficient (Wildman–Crippen LogP) is 1.99. The highest BCUT2D eigenvalue weighted by molar-refractivity contribution is 7.89. The quantitative estimate of drug-likeness (QED) is 0.687. The van der Waals surface area contributed by atoms with Crippen molar-refractivity contribution in [2.24, 2.45) is 5.92 Å². The highest BCUT2D eigenvalue weighted by Crippen LogP contribution is 2.16. The lowest BCUT2D eigenvalue weighted by atomic mass is 10.0. The maximum atomic E-state index is 13.0. The van der Waals surface area contributed by atoms with E-state index in [0.717, 1.165) is 25.0 Å². The van der Waals surface area contributed by atoms with E-state index in [1.807, 2.05) is 13.8 Å². The summed E-state index contributed by atoms with van der Waals surface area (Å²) < 4.78 is 39.2. The molecule has 162 valence electrons. The van der Waals surface area contributed by atoms with Crippen LogP contribution in [-0.4, -0.2) is 62.2 Å². The number of amides is 2. The molecule has 0 bridgehead atoms. The summed E-state index contributed by atoms with van der Waals surface area (Å²) in [4.78, 5) is 26.1. The monoisotopic (exact) mass is 427 g/mol. The lowest BCUT2D eigenvalue weighted by molar-refractivity contribution is -0.134. The second-order valence-corrected chi connectivity index (χ2v) is 9.77. The van der Waals surface area contributed by atoms with Crippen molar-refractivity contribution in [1.82, 2.24) is 14.5 Å². The average molecular weight is 428 g/mol. The van der Waals surface area contributed by atoms with Crippen LogP contribution in [0.5, 0.6) is 0 Å². The van der Waals surface area contributed by atoms with Gasteiger partial charge in [-0.2, -0.15) is 0 Å². The Bertz CT molecular complexity index is 812. The number of piperidine rings is 1. The van der Waals surface area contributed by atoms with E-state index in [0.29, 0.717) is 19.5 Å². The lowest BCUT2D eigenvalue weighted by Gasteiger charge is -2.33. The summed E-state index contributed by atoms with van der Waals surface area (Å²) >= 11 is 0. The number of likely N-dealkylation sites (tertiary alicyclic amines) is 1. The van der Waals surface area contributed by atoms with Gasteiger partial charge in [-0.3, -0.25) is 9.59 Å². The van der Waals surface area contributed by atoms with Gasteiger partial charge in [0.15, 0.2) is 0 Å². The Hall–Kier alpha value is -2.00. The second-order valence-electron chi connectivity index (χ2n) is 7.73. The number of nitrogens with one attached hydrogen (secondary N) is 1. The Morgan fingerprint density at radius 1 is 1.28 bits per heavy atom. The third kappa shape index (κ3) is 6.50. The number of rotatable bonds is 8. The molecule has 1 aliphatic rings. The Kier molecular flexibility index (Phi) is 8.15. The lowest BCUT2D eigenvalue weighted by Crippen LogP contribution is -2.50. The molecular formula is C20H30FN3O4S.